The molecule has 0 aliphatic heterocycles. The molecule has 2 aliphatic rings. The molecule has 0 radical (unpaired) electrons. The summed E-state index contributed by atoms with van der Waals surface area (Å²) in [6.07, 6.45) is 4.04. The minimum Gasteiger partial charge on any atom is -0.0987 e. The first-order valence-corrected chi connectivity index (χ1v) is 11.1. The topological polar surface area (TPSA) is 0 Å². The molecule has 0 saturated heterocycles. The van der Waals surface area contributed by atoms with E-state index in [2.05, 4.69) is 111 Å². The Morgan fingerprint density at radius 3 is 1.85 bits per heavy atom. The standard InChI is InChI=1S/C32H24.CH4/c1-4-24-25-10-6-8-12-29(25)32(28(24)5-2)30-13-9-7-11-26(30)27-19-18-23(20-31(27)32)22-16-14-21(3)15-17-22;/h4-20H,1-2H2,3H3;1H4. The summed E-state index contributed by atoms with van der Waals surface area (Å²) in [6.45, 7) is 10.6. The number of rotatable bonds is 3. The van der Waals surface area contributed by atoms with E-state index in [1.54, 1.807) is 0 Å². The summed E-state index contributed by atoms with van der Waals surface area (Å²) in [5, 5.41) is 0. The molecule has 1 unspecified atom stereocenters. The fraction of sp³-hybridized carbons (Fsp3) is 0.0909. The average Bonchev–Trinajstić information content (AvgIpc) is 3.30. The van der Waals surface area contributed by atoms with Crippen LogP contribution in [0, 0.1) is 6.92 Å². The van der Waals surface area contributed by atoms with Gasteiger partial charge in [-0.2, -0.15) is 0 Å². The van der Waals surface area contributed by atoms with Gasteiger partial charge in [0.05, 0.1) is 5.41 Å². The van der Waals surface area contributed by atoms with E-state index >= 15 is 0 Å². The molecule has 4 aromatic carbocycles. The van der Waals surface area contributed by atoms with E-state index in [4.69, 9.17) is 0 Å². The quantitative estimate of drug-likeness (QED) is 0.308. The van der Waals surface area contributed by atoms with Gasteiger partial charge in [-0.25, -0.2) is 0 Å². The van der Waals surface area contributed by atoms with E-state index in [9.17, 15) is 0 Å². The van der Waals surface area contributed by atoms with Gasteiger partial charge in [0, 0.05) is 0 Å². The third-order valence-corrected chi connectivity index (χ3v) is 7.15. The van der Waals surface area contributed by atoms with Crippen LogP contribution in [0.15, 0.2) is 122 Å². The Hall–Kier alpha value is -3.90. The van der Waals surface area contributed by atoms with E-state index in [1.807, 2.05) is 12.2 Å². The van der Waals surface area contributed by atoms with Crippen LogP contribution in [-0.2, 0) is 5.41 Å². The molecule has 2 aliphatic carbocycles. The van der Waals surface area contributed by atoms with E-state index in [-0.39, 0.29) is 12.8 Å². The average molecular weight is 425 g/mol. The van der Waals surface area contributed by atoms with Crippen LogP contribution in [0.1, 0.15) is 35.2 Å². The highest BCUT2D eigenvalue weighted by Crippen LogP contribution is 2.62. The second-order valence-electron chi connectivity index (χ2n) is 8.70. The van der Waals surface area contributed by atoms with Crippen LogP contribution in [0.5, 0.6) is 0 Å². The van der Waals surface area contributed by atoms with Gasteiger partial charge in [-0.05, 0) is 68.6 Å². The third-order valence-electron chi connectivity index (χ3n) is 7.15. The molecule has 1 atom stereocenters. The van der Waals surface area contributed by atoms with Crippen LogP contribution in [0.2, 0.25) is 0 Å². The molecule has 0 amide bonds. The molecular weight excluding hydrogens is 396 g/mol. The van der Waals surface area contributed by atoms with Crippen molar-refractivity contribution in [3.8, 4) is 22.3 Å². The normalized spacial score (nSPS) is 17.2. The first-order chi connectivity index (χ1) is 15.7. The highest BCUT2D eigenvalue weighted by molar-refractivity contribution is 5.98. The minimum atomic E-state index is -0.367. The van der Waals surface area contributed by atoms with Gasteiger partial charge in [-0.15, -0.1) is 0 Å². The largest absolute Gasteiger partial charge is 0.0987 e. The number of fused-ring (bicyclic) bond motifs is 7. The summed E-state index contributed by atoms with van der Waals surface area (Å²) >= 11 is 0. The zero-order chi connectivity index (χ0) is 21.9. The van der Waals surface area contributed by atoms with Gasteiger partial charge in [0.1, 0.15) is 0 Å². The van der Waals surface area contributed by atoms with Crippen LogP contribution >= 0.6 is 0 Å². The Labute approximate surface area is 197 Å². The van der Waals surface area contributed by atoms with Gasteiger partial charge >= 0.3 is 0 Å². The SMILES string of the molecule is C.C=CC1=C(C=C)C2(c3ccccc31)c1ccccc1-c1ccc(-c3ccc(C)cc3)cc12. The van der Waals surface area contributed by atoms with E-state index < -0.39 is 0 Å². The van der Waals surface area contributed by atoms with E-state index in [1.165, 1.54) is 61.2 Å². The molecular formula is C33H28. The first kappa shape index (κ1) is 21.0. The molecule has 0 fully saturated rings. The van der Waals surface area contributed by atoms with Crippen molar-refractivity contribution in [2.45, 2.75) is 19.8 Å². The van der Waals surface area contributed by atoms with Gasteiger partial charge in [0.25, 0.3) is 0 Å². The highest BCUT2D eigenvalue weighted by Gasteiger charge is 2.51. The molecule has 0 N–H and O–H groups in total. The highest BCUT2D eigenvalue weighted by atomic mass is 14.5. The zero-order valence-corrected chi connectivity index (χ0v) is 18.2. The second kappa shape index (κ2) is 7.60. The molecule has 0 aromatic heterocycles. The number of benzene rings is 4. The molecule has 33 heavy (non-hydrogen) atoms. The number of hydrogen-bond acceptors (Lipinski definition) is 0. The number of allylic oxidation sites excluding steroid dienone is 4. The van der Waals surface area contributed by atoms with E-state index in [0.717, 1.165) is 0 Å². The lowest BCUT2D eigenvalue weighted by atomic mass is 9.69. The van der Waals surface area contributed by atoms with Crippen LogP contribution in [0.3, 0.4) is 0 Å². The predicted molar refractivity (Wildman–Crippen MR) is 142 cm³/mol. The third kappa shape index (κ3) is 2.64. The van der Waals surface area contributed by atoms with Crippen molar-refractivity contribution in [2.75, 3.05) is 0 Å². The molecule has 0 heteroatoms. The Balaban J connectivity index is 0.00000228. The molecule has 0 nitrogen and oxygen atoms in total. The molecule has 4 aromatic rings. The Kier molecular flexibility index (Phi) is 4.83. The lowest BCUT2D eigenvalue weighted by Crippen LogP contribution is -2.26. The monoisotopic (exact) mass is 424 g/mol. The maximum atomic E-state index is 4.27. The van der Waals surface area contributed by atoms with Crippen molar-refractivity contribution < 1.29 is 0 Å². The van der Waals surface area contributed by atoms with Crippen LogP contribution in [0.4, 0.5) is 0 Å². The van der Waals surface area contributed by atoms with Crippen molar-refractivity contribution in [3.63, 3.8) is 0 Å². The van der Waals surface area contributed by atoms with Crippen molar-refractivity contribution in [1.29, 1.82) is 0 Å². The molecule has 1 spiro atoms. The summed E-state index contributed by atoms with van der Waals surface area (Å²) in [5.41, 5.74) is 13.6. The Morgan fingerprint density at radius 2 is 1.18 bits per heavy atom. The zero-order valence-electron chi connectivity index (χ0n) is 18.2. The lowest BCUT2D eigenvalue weighted by Gasteiger charge is -2.31. The summed E-state index contributed by atoms with van der Waals surface area (Å²) in [5.74, 6) is 0. The number of hydrogen-bond donors (Lipinski definition) is 0. The second-order valence-corrected chi connectivity index (χ2v) is 8.70. The van der Waals surface area contributed by atoms with Crippen molar-refractivity contribution in [3.05, 3.63) is 150 Å². The summed E-state index contributed by atoms with van der Waals surface area (Å²) in [4.78, 5) is 0. The van der Waals surface area contributed by atoms with Crippen LogP contribution < -0.4 is 0 Å². The van der Waals surface area contributed by atoms with Gasteiger partial charge in [0.15, 0.2) is 0 Å². The fourth-order valence-corrected chi connectivity index (χ4v) is 5.81. The number of aryl methyl sites for hydroxylation is 1. The molecule has 6 rings (SSSR count). The Morgan fingerprint density at radius 1 is 0.606 bits per heavy atom. The maximum Gasteiger partial charge on any atom is 0.0725 e. The smallest absolute Gasteiger partial charge is 0.0725 e. The molecule has 0 saturated carbocycles. The summed E-state index contributed by atoms with van der Waals surface area (Å²) < 4.78 is 0. The van der Waals surface area contributed by atoms with Gasteiger partial charge in [0.2, 0.25) is 0 Å². The van der Waals surface area contributed by atoms with E-state index in [0.29, 0.717) is 0 Å². The van der Waals surface area contributed by atoms with Gasteiger partial charge < -0.3 is 0 Å². The van der Waals surface area contributed by atoms with Crippen LogP contribution in [0.25, 0.3) is 27.8 Å². The Bertz CT molecular complexity index is 1450. The van der Waals surface area contributed by atoms with Gasteiger partial charge in [-0.3, -0.25) is 0 Å². The molecule has 0 bridgehead atoms. The fourth-order valence-electron chi connectivity index (χ4n) is 5.81. The summed E-state index contributed by atoms with van der Waals surface area (Å²) in [6, 6.07) is 33.3. The molecule has 0 heterocycles. The van der Waals surface area contributed by atoms with Crippen molar-refractivity contribution >= 4 is 5.57 Å². The minimum absolute atomic E-state index is 0. The van der Waals surface area contributed by atoms with Crippen molar-refractivity contribution in [2.24, 2.45) is 0 Å². The lowest BCUT2D eigenvalue weighted by molar-refractivity contribution is 0.787. The predicted octanol–water partition coefficient (Wildman–Crippen LogP) is 8.75. The maximum absolute atomic E-state index is 4.27. The van der Waals surface area contributed by atoms with Crippen molar-refractivity contribution in [1.82, 2.24) is 0 Å². The summed E-state index contributed by atoms with van der Waals surface area (Å²) in [7, 11) is 0. The van der Waals surface area contributed by atoms with Crippen LogP contribution in [-0.4, -0.2) is 0 Å². The van der Waals surface area contributed by atoms with Gasteiger partial charge in [-0.1, -0.05) is 123 Å². The molecule has 160 valence electrons. The first-order valence-electron chi connectivity index (χ1n) is 11.1.